The summed E-state index contributed by atoms with van der Waals surface area (Å²) >= 11 is 6.48. The van der Waals surface area contributed by atoms with E-state index < -0.39 is 5.54 Å². The summed E-state index contributed by atoms with van der Waals surface area (Å²) in [4.78, 5) is 14.5. The number of hydrogen-bond donors (Lipinski definition) is 1. The number of likely N-dealkylation sites (tertiary alicyclic amines) is 1. The molecule has 2 fully saturated rings. The molecule has 1 amide bonds. The Morgan fingerprint density at radius 3 is 2.89 bits per heavy atom. The number of fused-ring (bicyclic) bond motifs is 1. The van der Waals surface area contributed by atoms with Crippen LogP contribution in [0.25, 0.3) is 0 Å². The molecule has 2 atom stereocenters. The van der Waals surface area contributed by atoms with Gasteiger partial charge in [0, 0.05) is 32.2 Å². The average molecular weight is 389 g/mol. The van der Waals surface area contributed by atoms with Crippen molar-refractivity contribution in [1.82, 2.24) is 20.0 Å². The van der Waals surface area contributed by atoms with E-state index in [4.69, 9.17) is 16.3 Å². The average Bonchev–Trinajstić information content (AvgIpc) is 2.96. The number of rotatable bonds is 4. The van der Waals surface area contributed by atoms with Gasteiger partial charge in [-0.3, -0.25) is 14.4 Å². The number of halogens is 1. The van der Waals surface area contributed by atoms with Gasteiger partial charge in [-0.15, -0.1) is 0 Å². The quantitative estimate of drug-likeness (QED) is 0.872. The third kappa shape index (κ3) is 3.26. The van der Waals surface area contributed by atoms with Gasteiger partial charge in [-0.1, -0.05) is 48.9 Å². The van der Waals surface area contributed by atoms with Crippen molar-refractivity contribution in [3.8, 4) is 0 Å². The molecule has 0 radical (unpaired) electrons. The summed E-state index contributed by atoms with van der Waals surface area (Å²) in [5, 5.41) is 8.45. The molecule has 1 aromatic heterocycles. The topological polar surface area (TPSA) is 59.4 Å². The number of hydrogen-bond acceptors (Lipinski definition) is 4. The number of benzene rings is 1. The molecule has 0 unspecified atom stereocenters. The number of amides is 1. The fourth-order valence-corrected chi connectivity index (χ4v) is 4.53. The number of morpholine rings is 1. The Kier molecular flexibility index (Phi) is 4.97. The van der Waals surface area contributed by atoms with Crippen molar-refractivity contribution in [2.75, 3.05) is 19.7 Å². The van der Waals surface area contributed by atoms with Crippen LogP contribution in [0.4, 0.5) is 0 Å². The summed E-state index contributed by atoms with van der Waals surface area (Å²) in [7, 11) is 1.88. The van der Waals surface area contributed by atoms with Crippen molar-refractivity contribution < 1.29 is 9.53 Å². The summed E-state index contributed by atoms with van der Waals surface area (Å²) in [6, 6.07) is 10.2. The molecular formula is C20H25ClN4O2. The lowest BCUT2D eigenvalue weighted by molar-refractivity contribution is -0.152. The van der Waals surface area contributed by atoms with Gasteiger partial charge in [-0.2, -0.15) is 5.10 Å². The number of aryl methyl sites for hydroxylation is 2. The molecule has 0 spiro atoms. The summed E-state index contributed by atoms with van der Waals surface area (Å²) in [5.74, 6) is -0.0490. The number of nitrogens with one attached hydrogen (secondary N) is 1. The highest BCUT2D eigenvalue weighted by molar-refractivity contribution is 6.30. The minimum atomic E-state index is -0.459. The number of aromatic nitrogens is 2. The zero-order valence-electron chi connectivity index (χ0n) is 15.7. The number of carbonyl (C=O) groups excluding carboxylic acids is 1. The van der Waals surface area contributed by atoms with Crippen LogP contribution in [0.2, 0.25) is 5.15 Å². The van der Waals surface area contributed by atoms with Gasteiger partial charge in [0.05, 0.1) is 17.3 Å². The monoisotopic (exact) mass is 388 g/mol. The Bertz CT molecular complexity index is 838. The first-order valence-corrected chi connectivity index (χ1v) is 9.82. The normalized spacial score (nSPS) is 25.9. The molecule has 2 aliphatic rings. The standard InChI is InChI=1S/C20H25ClN4O2/c1-3-16-15(19(21)24(2)23-16)11-25-10-9-20(14-7-5-4-6-8-14)17(12-25)27-13-18(26)22-20/h4-8,17H,3,9-13H2,1-2H3,(H,22,26)/t17-,20+/m1/s1. The number of carbonyl (C=O) groups is 1. The zero-order valence-corrected chi connectivity index (χ0v) is 16.5. The Morgan fingerprint density at radius 1 is 1.37 bits per heavy atom. The molecule has 2 aromatic rings. The van der Waals surface area contributed by atoms with Crippen molar-refractivity contribution in [2.45, 2.75) is 38.0 Å². The third-order valence-corrected chi connectivity index (χ3v) is 6.20. The van der Waals surface area contributed by atoms with Crippen molar-refractivity contribution in [1.29, 1.82) is 0 Å². The first-order chi connectivity index (χ1) is 13.0. The Morgan fingerprint density at radius 2 is 2.15 bits per heavy atom. The molecule has 0 saturated carbocycles. The van der Waals surface area contributed by atoms with E-state index in [2.05, 4.69) is 34.4 Å². The molecule has 2 saturated heterocycles. The molecule has 0 bridgehead atoms. The minimum Gasteiger partial charge on any atom is -0.364 e. The summed E-state index contributed by atoms with van der Waals surface area (Å²) in [5.41, 5.74) is 2.78. The molecule has 7 heteroatoms. The third-order valence-electron chi connectivity index (χ3n) is 5.73. The van der Waals surface area contributed by atoms with Gasteiger partial charge in [-0.05, 0) is 18.4 Å². The predicted molar refractivity (Wildman–Crippen MR) is 103 cm³/mol. The van der Waals surface area contributed by atoms with E-state index in [0.717, 1.165) is 49.3 Å². The first-order valence-electron chi connectivity index (χ1n) is 9.44. The van der Waals surface area contributed by atoms with Crippen molar-refractivity contribution in [3.05, 3.63) is 52.3 Å². The van der Waals surface area contributed by atoms with Gasteiger partial charge < -0.3 is 10.1 Å². The van der Waals surface area contributed by atoms with E-state index in [0.29, 0.717) is 5.15 Å². The maximum atomic E-state index is 12.1. The highest BCUT2D eigenvalue weighted by Gasteiger charge is 2.49. The summed E-state index contributed by atoms with van der Waals surface area (Å²) in [6.07, 6.45) is 1.56. The van der Waals surface area contributed by atoms with E-state index in [-0.39, 0.29) is 18.6 Å². The summed E-state index contributed by atoms with van der Waals surface area (Å²) in [6.45, 7) is 4.54. The van der Waals surface area contributed by atoms with Gasteiger partial charge in [0.2, 0.25) is 5.91 Å². The lowest BCUT2D eigenvalue weighted by atomic mass is 9.77. The highest BCUT2D eigenvalue weighted by Crippen LogP contribution is 2.37. The van der Waals surface area contributed by atoms with Crippen molar-refractivity contribution in [2.24, 2.45) is 7.05 Å². The van der Waals surface area contributed by atoms with Crippen LogP contribution in [0.15, 0.2) is 30.3 Å². The van der Waals surface area contributed by atoms with Gasteiger partial charge in [0.1, 0.15) is 11.8 Å². The maximum absolute atomic E-state index is 12.1. The largest absolute Gasteiger partial charge is 0.364 e. The molecule has 0 aliphatic carbocycles. The van der Waals surface area contributed by atoms with Gasteiger partial charge >= 0.3 is 0 Å². The summed E-state index contributed by atoms with van der Waals surface area (Å²) < 4.78 is 7.75. The number of ether oxygens (including phenoxy) is 1. The van der Waals surface area contributed by atoms with Crippen LogP contribution in [0.1, 0.15) is 30.2 Å². The Balaban J connectivity index is 1.58. The van der Waals surface area contributed by atoms with Crippen LogP contribution in [-0.4, -0.2) is 46.4 Å². The molecule has 3 heterocycles. The molecule has 144 valence electrons. The fraction of sp³-hybridized carbons (Fsp3) is 0.500. The second-order valence-corrected chi connectivity index (χ2v) is 7.72. The van der Waals surface area contributed by atoms with Crippen LogP contribution >= 0.6 is 11.6 Å². The van der Waals surface area contributed by atoms with Crippen molar-refractivity contribution >= 4 is 17.5 Å². The molecule has 4 rings (SSSR count). The number of piperidine rings is 1. The van der Waals surface area contributed by atoms with E-state index in [9.17, 15) is 4.79 Å². The smallest absolute Gasteiger partial charge is 0.246 e. The SMILES string of the molecule is CCc1nn(C)c(Cl)c1CN1CC[C@@]2(c3ccccc3)NC(=O)CO[C@@H]2C1. The van der Waals surface area contributed by atoms with Crippen LogP contribution in [0.3, 0.4) is 0 Å². The first kappa shape index (κ1) is 18.5. The minimum absolute atomic E-state index is 0.0490. The number of nitrogens with zero attached hydrogens (tertiary/aromatic N) is 3. The van der Waals surface area contributed by atoms with E-state index in [1.54, 1.807) is 4.68 Å². The van der Waals surface area contributed by atoms with E-state index in [1.165, 1.54) is 0 Å². The molecule has 1 N–H and O–H groups in total. The fourth-order valence-electron chi connectivity index (χ4n) is 4.32. The lowest BCUT2D eigenvalue weighted by Gasteiger charge is -2.50. The maximum Gasteiger partial charge on any atom is 0.246 e. The van der Waals surface area contributed by atoms with Crippen LogP contribution in [0, 0.1) is 0 Å². The molecular weight excluding hydrogens is 364 g/mol. The van der Waals surface area contributed by atoms with Crippen LogP contribution in [-0.2, 0) is 35.1 Å². The second kappa shape index (κ2) is 7.26. The zero-order chi connectivity index (χ0) is 19.0. The molecule has 2 aliphatic heterocycles. The molecule has 27 heavy (non-hydrogen) atoms. The highest BCUT2D eigenvalue weighted by atomic mass is 35.5. The molecule has 1 aromatic carbocycles. The van der Waals surface area contributed by atoms with Gasteiger partial charge in [0.25, 0.3) is 0 Å². The Labute approximate surface area is 164 Å². The van der Waals surface area contributed by atoms with E-state index in [1.807, 2.05) is 25.2 Å². The predicted octanol–water partition coefficient (Wildman–Crippen LogP) is 2.25. The van der Waals surface area contributed by atoms with Crippen LogP contribution in [0.5, 0.6) is 0 Å². The lowest BCUT2D eigenvalue weighted by Crippen LogP contribution is -2.66. The van der Waals surface area contributed by atoms with Gasteiger partial charge in [-0.25, -0.2) is 0 Å². The van der Waals surface area contributed by atoms with Crippen molar-refractivity contribution in [3.63, 3.8) is 0 Å². The Hall–Kier alpha value is -1.89. The van der Waals surface area contributed by atoms with E-state index >= 15 is 0 Å². The van der Waals surface area contributed by atoms with Crippen LogP contribution < -0.4 is 5.32 Å². The second-order valence-electron chi connectivity index (χ2n) is 7.36. The molecule has 6 nitrogen and oxygen atoms in total. The van der Waals surface area contributed by atoms with Gasteiger partial charge in [0.15, 0.2) is 0 Å².